The molecule has 0 bridgehead atoms. The van der Waals surface area contributed by atoms with Crippen LogP contribution < -0.4 is 4.74 Å². The maximum Gasteiger partial charge on any atom is 0.166 e. The summed E-state index contributed by atoms with van der Waals surface area (Å²) >= 11 is 0. The van der Waals surface area contributed by atoms with Crippen LogP contribution in [-0.2, 0) is 0 Å². The Morgan fingerprint density at radius 3 is 2.94 bits per heavy atom. The molecule has 0 fully saturated rings. The number of nitrogens with one attached hydrogen (secondary N) is 1. The largest absolute Gasteiger partial charge is 0.494 e. The first kappa shape index (κ1) is 12.7. The van der Waals surface area contributed by atoms with Crippen molar-refractivity contribution < 1.29 is 9.53 Å². The lowest BCUT2D eigenvalue weighted by Crippen LogP contribution is -1.96. The van der Waals surface area contributed by atoms with Gasteiger partial charge in [-0.05, 0) is 24.6 Å². The molecule has 0 radical (unpaired) electrons. The number of carbonyl (C=O) groups is 1. The summed E-state index contributed by atoms with van der Waals surface area (Å²) < 4.78 is 5.70. The van der Waals surface area contributed by atoms with Crippen molar-refractivity contribution in [3.8, 4) is 5.75 Å². The van der Waals surface area contributed by atoms with E-state index >= 15 is 0 Å². The van der Waals surface area contributed by atoms with Gasteiger partial charge in [-0.25, -0.2) is 0 Å². The van der Waals surface area contributed by atoms with Gasteiger partial charge in [0.25, 0.3) is 0 Å². The molecule has 0 aliphatic carbocycles. The number of aromatic amines is 1. The molecule has 0 saturated heterocycles. The van der Waals surface area contributed by atoms with Crippen LogP contribution in [0, 0.1) is 0 Å². The number of H-pyrrole nitrogens is 1. The molecule has 0 unspecified atom stereocenters. The first-order chi connectivity index (χ1) is 8.85. The van der Waals surface area contributed by atoms with Crippen LogP contribution in [0.4, 0.5) is 0 Å². The quantitative estimate of drug-likeness (QED) is 0.593. The van der Waals surface area contributed by atoms with E-state index in [9.17, 15) is 4.79 Å². The summed E-state index contributed by atoms with van der Waals surface area (Å²) in [4.78, 5) is 13.7. The van der Waals surface area contributed by atoms with Crippen LogP contribution in [-0.4, -0.2) is 17.9 Å². The van der Waals surface area contributed by atoms with Gasteiger partial charge in [0, 0.05) is 17.0 Å². The Bertz CT molecular complexity index is 516. The average molecular weight is 245 g/mol. The number of hydrogen-bond acceptors (Lipinski definition) is 2. The van der Waals surface area contributed by atoms with Crippen molar-refractivity contribution in [2.24, 2.45) is 0 Å². The molecular weight excluding hydrogens is 226 g/mol. The molecule has 18 heavy (non-hydrogen) atoms. The number of rotatable bonds is 7. The third kappa shape index (κ3) is 2.92. The molecule has 0 amide bonds. The Balaban J connectivity index is 1.96. The van der Waals surface area contributed by atoms with E-state index in [0.29, 0.717) is 5.69 Å². The van der Waals surface area contributed by atoms with E-state index in [4.69, 9.17) is 4.74 Å². The number of carbonyl (C=O) groups excluding carboxylic acids is 1. The van der Waals surface area contributed by atoms with Crippen molar-refractivity contribution >= 4 is 17.1 Å². The monoisotopic (exact) mass is 245 g/mol. The fourth-order valence-corrected chi connectivity index (χ4v) is 2.04. The van der Waals surface area contributed by atoms with Crippen molar-refractivity contribution in [2.45, 2.75) is 32.6 Å². The standard InChI is InChI=1S/C15H19NO2/c1-2-3-4-5-8-18-13-6-7-14-12(9-13)10-16-15(14)11-17/h6-7,9-11,16H,2-5,8H2,1H3. The molecule has 1 aromatic heterocycles. The Labute approximate surface area is 107 Å². The van der Waals surface area contributed by atoms with Gasteiger partial charge < -0.3 is 9.72 Å². The number of aldehydes is 1. The van der Waals surface area contributed by atoms with Crippen LogP contribution in [0.2, 0.25) is 0 Å². The second-order valence-corrected chi connectivity index (χ2v) is 4.48. The van der Waals surface area contributed by atoms with E-state index < -0.39 is 0 Å². The van der Waals surface area contributed by atoms with Crippen molar-refractivity contribution in [1.82, 2.24) is 4.98 Å². The Kier molecular flexibility index (Phi) is 4.40. The third-order valence-corrected chi connectivity index (χ3v) is 3.08. The summed E-state index contributed by atoms with van der Waals surface area (Å²) in [5.74, 6) is 0.871. The summed E-state index contributed by atoms with van der Waals surface area (Å²) in [6.07, 6.45) is 7.50. The van der Waals surface area contributed by atoms with E-state index in [-0.39, 0.29) is 0 Å². The fraction of sp³-hybridized carbons (Fsp3) is 0.400. The second-order valence-electron chi connectivity index (χ2n) is 4.48. The Morgan fingerprint density at radius 2 is 2.17 bits per heavy atom. The van der Waals surface area contributed by atoms with E-state index in [0.717, 1.165) is 35.8 Å². The zero-order valence-electron chi connectivity index (χ0n) is 10.7. The van der Waals surface area contributed by atoms with Crippen molar-refractivity contribution in [1.29, 1.82) is 0 Å². The number of unbranched alkanes of at least 4 members (excludes halogenated alkanes) is 3. The molecule has 0 spiro atoms. The molecule has 1 aromatic carbocycles. The smallest absolute Gasteiger partial charge is 0.166 e. The highest BCUT2D eigenvalue weighted by atomic mass is 16.5. The van der Waals surface area contributed by atoms with Gasteiger partial charge in [0.2, 0.25) is 0 Å². The molecule has 1 N–H and O–H groups in total. The third-order valence-electron chi connectivity index (χ3n) is 3.08. The number of aromatic nitrogens is 1. The van der Waals surface area contributed by atoms with Crippen LogP contribution in [0.5, 0.6) is 5.75 Å². The fourth-order valence-electron chi connectivity index (χ4n) is 2.04. The molecule has 2 rings (SSSR count). The van der Waals surface area contributed by atoms with Gasteiger partial charge in [-0.15, -0.1) is 0 Å². The van der Waals surface area contributed by atoms with Gasteiger partial charge in [0.1, 0.15) is 5.75 Å². The second kappa shape index (κ2) is 6.24. The SMILES string of the molecule is CCCCCCOc1ccc2c(C=O)[nH]cc2c1. The average Bonchev–Trinajstić information content (AvgIpc) is 2.80. The maximum absolute atomic E-state index is 10.8. The van der Waals surface area contributed by atoms with Gasteiger partial charge in [0.05, 0.1) is 12.3 Å². The Morgan fingerprint density at radius 1 is 1.28 bits per heavy atom. The van der Waals surface area contributed by atoms with Crippen molar-refractivity contribution in [3.63, 3.8) is 0 Å². The highest BCUT2D eigenvalue weighted by Gasteiger charge is 2.03. The lowest BCUT2D eigenvalue weighted by molar-refractivity contribution is 0.112. The van der Waals surface area contributed by atoms with Crippen LogP contribution >= 0.6 is 0 Å². The van der Waals surface area contributed by atoms with Crippen LogP contribution in [0.25, 0.3) is 10.8 Å². The highest BCUT2D eigenvalue weighted by Crippen LogP contribution is 2.23. The molecule has 3 nitrogen and oxygen atoms in total. The van der Waals surface area contributed by atoms with Gasteiger partial charge in [-0.2, -0.15) is 0 Å². The van der Waals surface area contributed by atoms with Gasteiger partial charge >= 0.3 is 0 Å². The Hall–Kier alpha value is -1.77. The first-order valence-corrected chi connectivity index (χ1v) is 6.54. The van der Waals surface area contributed by atoms with E-state index in [1.165, 1.54) is 19.3 Å². The van der Waals surface area contributed by atoms with Gasteiger partial charge in [0.15, 0.2) is 6.29 Å². The van der Waals surface area contributed by atoms with Crippen molar-refractivity contribution in [3.05, 3.63) is 30.1 Å². The molecule has 96 valence electrons. The minimum absolute atomic E-state index is 0.625. The summed E-state index contributed by atoms with van der Waals surface area (Å²) in [5, 5.41) is 1.96. The topological polar surface area (TPSA) is 42.1 Å². The van der Waals surface area contributed by atoms with E-state index in [2.05, 4.69) is 11.9 Å². The van der Waals surface area contributed by atoms with Gasteiger partial charge in [-0.1, -0.05) is 26.2 Å². The molecule has 0 atom stereocenters. The summed E-state index contributed by atoms with van der Waals surface area (Å²) in [5.41, 5.74) is 0.625. The lowest BCUT2D eigenvalue weighted by atomic mass is 10.2. The van der Waals surface area contributed by atoms with Crippen molar-refractivity contribution in [2.75, 3.05) is 6.61 Å². The summed E-state index contributed by atoms with van der Waals surface area (Å²) in [6.45, 7) is 2.96. The minimum atomic E-state index is 0.625. The maximum atomic E-state index is 10.8. The predicted molar refractivity (Wildman–Crippen MR) is 73.3 cm³/mol. The number of hydrogen-bond donors (Lipinski definition) is 1. The van der Waals surface area contributed by atoms with E-state index in [1.807, 2.05) is 24.4 Å². The molecule has 3 heteroatoms. The zero-order chi connectivity index (χ0) is 12.8. The molecule has 0 aliphatic heterocycles. The molecule has 1 heterocycles. The lowest BCUT2D eigenvalue weighted by Gasteiger charge is -2.05. The molecule has 0 aliphatic rings. The number of benzene rings is 1. The normalized spacial score (nSPS) is 10.7. The van der Waals surface area contributed by atoms with Gasteiger partial charge in [-0.3, -0.25) is 4.79 Å². The van der Waals surface area contributed by atoms with Crippen LogP contribution in [0.1, 0.15) is 43.1 Å². The first-order valence-electron chi connectivity index (χ1n) is 6.54. The zero-order valence-corrected chi connectivity index (χ0v) is 10.7. The molecule has 0 saturated carbocycles. The summed E-state index contributed by atoms with van der Waals surface area (Å²) in [6, 6.07) is 5.82. The number of fused-ring (bicyclic) bond motifs is 1. The van der Waals surface area contributed by atoms with Crippen LogP contribution in [0.3, 0.4) is 0 Å². The molecular formula is C15H19NO2. The minimum Gasteiger partial charge on any atom is -0.494 e. The summed E-state index contributed by atoms with van der Waals surface area (Å²) in [7, 11) is 0. The van der Waals surface area contributed by atoms with Crippen LogP contribution in [0.15, 0.2) is 24.4 Å². The predicted octanol–water partition coefficient (Wildman–Crippen LogP) is 3.94. The number of ether oxygens (including phenoxy) is 1. The molecule has 2 aromatic rings. The van der Waals surface area contributed by atoms with E-state index in [1.54, 1.807) is 0 Å². The highest BCUT2D eigenvalue weighted by molar-refractivity contribution is 5.97.